The number of aromatic amines is 1. The second kappa shape index (κ2) is 12.1. The molecule has 2 atom stereocenters. The Morgan fingerprint density at radius 1 is 1.10 bits per heavy atom. The standard InChI is InChI=1S/C27H40N6O4S.BrH/c1-8-12-22-24-25(31(7)30-22)27(34)29-26(28-24)21-15-20(13-14-23(21)37-11-4)38(35,36)32-16-18(5)33(9-2,10-3)19(6)17-32;/h13-15,18-19H,8-12,16-17H2,1-7H3;1H/t18-,19+;. The van der Waals surface area contributed by atoms with Gasteiger partial charge in [-0.1, -0.05) is 13.3 Å². The van der Waals surface area contributed by atoms with Crippen molar-refractivity contribution in [3.63, 3.8) is 0 Å². The summed E-state index contributed by atoms with van der Waals surface area (Å²) in [5.41, 5.74) is 1.76. The van der Waals surface area contributed by atoms with Crippen molar-refractivity contribution >= 4 is 21.1 Å². The highest BCUT2D eigenvalue weighted by Crippen LogP contribution is 2.34. The number of sulfonamides is 1. The Morgan fingerprint density at radius 3 is 2.31 bits per heavy atom. The Kier molecular flexibility index (Phi) is 9.67. The number of benzene rings is 1. The number of aryl methyl sites for hydroxylation is 2. The second-order valence-corrected chi connectivity index (χ2v) is 12.2. The predicted octanol–water partition coefficient (Wildman–Crippen LogP) is 0.317. The van der Waals surface area contributed by atoms with Crippen LogP contribution in [0.5, 0.6) is 5.75 Å². The fourth-order valence-corrected chi connectivity index (χ4v) is 7.78. The topological polar surface area (TPSA) is 110 Å². The highest BCUT2D eigenvalue weighted by molar-refractivity contribution is 7.89. The van der Waals surface area contributed by atoms with Crippen molar-refractivity contribution in [2.24, 2.45) is 7.05 Å². The number of fused-ring (bicyclic) bond motifs is 1. The summed E-state index contributed by atoms with van der Waals surface area (Å²) in [5, 5.41) is 4.49. The van der Waals surface area contributed by atoms with Crippen molar-refractivity contribution < 1.29 is 34.6 Å². The maximum Gasteiger partial charge on any atom is 0.277 e. The highest BCUT2D eigenvalue weighted by Gasteiger charge is 2.45. The predicted molar refractivity (Wildman–Crippen MR) is 149 cm³/mol. The van der Waals surface area contributed by atoms with Crippen LogP contribution in [0.3, 0.4) is 0 Å². The number of likely N-dealkylation sites (N-methyl/N-ethyl adjacent to an activating group) is 1. The Balaban J connectivity index is 0.00000420. The van der Waals surface area contributed by atoms with Gasteiger partial charge in [0.15, 0.2) is 5.52 Å². The van der Waals surface area contributed by atoms with E-state index in [2.05, 4.69) is 37.8 Å². The number of rotatable bonds is 9. The Hall–Kier alpha value is -2.28. The van der Waals surface area contributed by atoms with E-state index in [-0.39, 0.29) is 45.3 Å². The van der Waals surface area contributed by atoms with Crippen LogP contribution in [0.2, 0.25) is 0 Å². The summed E-state index contributed by atoms with van der Waals surface area (Å²) in [4.78, 5) is 20.8. The Labute approximate surface area is 241 Å². The van der Waals surface area contributed by atoms with Gasteiger partial charge >= 0.3 is 0 Å². The van der Waals surface area contributed by atoms with Gasteiger partial charge in [0.2, 0.25) is 10.0 Å². The van der Waals surface area contributed by atoms with Crippen molar-refractivity contribution in [1.82, 2.24) is 24.1 Å². The summed E-state index contributed by atoms with van der Waals surface area (Å²) in [6.45, 7) is 15.8. The van der Waals surface area contributed by atoms with Gasteiger partial charge in [0.1, 0.15) is 29.2 Å². The van der Waals surface area contributed by atoms with E-state index in [1.807, 2.05) is 13.8 Å². The number of quaternary nitrogens is 1. The summed E-state index contributed by atoms with van der Waals surface area (Å²) in [6.07, 6.45) is 1.54. The molecule has 216 valence electrons. The minimum atomic E-state index is -3.79. The molecule has 1 aromatic carbocycles. The van der Waals surface area contributed by atoms with E-state index in [0.29, 0.717) is 48.5 Å². The van der Waals surface area contributed by atoms with Crippen molar-refractivity contribution in [1.29, 1.82) is 0 Å². The average molecular weight is 626 g/mol. The molecule has 0 saturated carbocycles. The molecule has 1 aliphatic rings. The maximum atomic E-state index is 13.9. The van der Waals surface area contributed by atoms with Gasteiger partial charge in [-0.15, -0.1) is 0 Å². The molecule has 0 aliphatic carbocycles. The number of aromatic nitrogens is 4. The van der Waals surface area contributed by atoms with E-state index in [1.54, 1.807) is 34.2 Å². The van der Waals surface area contributed by atoms with Crippen LogP contribution in [-0.4, -0.2) is 81.8 Å². The molecule has 0 spiro atoms. The first-order valence-electron chi connectivity index (χ1n) is 13.6. The molecule has 3 aromatic rings. The van der Waals surface area contributed by atoms with E-state index in [4.69, 9.17) is 9.72 Å². The molecular weight excluding hydrogens is 584 g/mol. The second-order valence-electron chi connectivity index (χ2n) is 10.3. The summed E-state index contributed by atoms with van der Waals surface area (Å²) in [6, 6.07) is 5.16. The SMILES string of the molecule is CCCc1nn(C)c2c(=O)[nH]c(-c3cc(S(=O)(=O)N4C[C@@H](C)[N+](CC)(CC)[C@@H](C)C4)ccc3OCC)nc12.[Br-]. The molecule has 0 radical (unpaired) electrons. The number of H-pyrrole nitrogens is 1. The molecule has 1 saturated heterocycles. The molecule has 2 aromatic heterocycles. The van der Waals surface area contributed by atoms with Gasteiger partial charge in [-0.25, -0.2) is 13.4 Å². The number of nitrogens with zero attached hydrogens (tertiary/aromatic N) is 5. The van der Waals surface area contributed by atoms with Crippen LogP contribution in [0.1, 0.15) is 53.7 Å². The zero-order valence-corrected chi connectivity index (χ0v) is 26.4. The number of nitrogens with one attached hydrogen (secondary N) is 1. The van der Waals surface area contributed by atoms with E-state index in [9.17, 15) is 13.2 Å². The number of halogens is 1. The summed E-state index contributed by atoms with van der Waals surface area (Å²) >= 11 is 0. The van der Waals surface area contributed by atoms with Crippen molar-refractivity contribution in [3.05, 3.63) is 34.2 Å². The molecule has 3 heterocycles. The van der Waals surface area contributed by atoms with Gasteiger partial charge in [-0.3, -0.25) is 9.48 Å². The first-order chi connectivity index (χ1) is 18.0. The molecule has 0 unspecified atom stereocenters. The summed E-state index contributed by atoms with van der Waals surface area (Å²) < 4.78 is 37.7. The zero-order valence-electron chi connectivity index (χ0n) is 24.0. The number of hydrogen-bond donors (Lipinski definition) is 1. The average Bonchev–Trinajstić information content (AvgIpc) is 3.20. The normalized spacial score (nSPS) is 19.7. The number of piperazine rings is 1. The van der Waals surface area contributed by atoms with Gasteiger partial charge in [-0.2, -0.15) is 9.40 Å². The molecule has 39 heavy (non-hydrogen) atoms. The monoisotopic (exact) mass is 624 g/mol. The van der Waals surface area contributed by atoms with Crippen LogP contribution in [0.25, 0.3) is 22.4 Å². The van der Waals surface area contributed by atoms with E-state index in [0.717, 1.165) is 29.7 Å². The lowest BCUT2D eigenvalue weighted by atomic mass is 10.0. The highest BCUT2D eigenvalue weighted by atomic mass is 79.9. The minimum absolute atomic E-state index is 0. The minimum Gasteiger partial charge on any atom is -1.00 e. The van der Waals surface area contributed by atoms with Crippen LogP contribution in [0, 0.1) is 0 Å². The molecule has 1 N–H and O–H groups in total. The Bertz CT molecular complexity index is 1470. The van der Waals surface area contributed by atoms with Gasteiger partial charge in [-0.05, 0) is 59.2 Å². The van der Waals surface area contributed by atoms with Crippen LogP contribution in [0.15, 0.2) is 27.9 Å². The molecular formula is C27H41BrN6O4S. The number of ether oxygens (including phenoxy) is 1. The van der Waals surface area contributed by atoms with Crippen LogP contribution in [0.4, 0.5) is 0 Å². The molecule has 12 heteroatoms. The third-order valence-electron chi connectivity index (χ3n) is 8.26. The van der Waals surface area contributed by atoms with Crippen LogP contribution >= 0.6 is 0 Å². The first kappa shape index (κ1) is 31.3. The van der Waals surface area contributed by atoms with Gasteiger partial charge in [0.25, 0.3) is 5.56 Å². The van der Waals surface area contributed by atoms with Crippen molar-refractivity contribution in [3.8, 4) is 17.1 Å². The van der Waals surface area contributed by atoms with Crippen LogP contribution < -0.4 is 27.3 Å². The fourth-order valence-electron chi connectivity index (χ4n) is 6.15. The molecule has 4 rings (SSSR count). The van der Waals surface area contributed by atoms with Crippen molar-refractivity contribution in [2.45, 2.75) is 71.4 Å². The van der Waals surface area contributed by atoms with Gasteiger partial charge < -0.3 is 31.2 Å². The largest absolute Gasteiger partial charge is 1.00 e. The Morgan fingerprint density at radius 2 is 1.74 bits per heavy atom. The van der Waals surface area contributed by atoms with Gasteiger partial charge in [0, 0.05) is 7.05 Å². The maximum absolute atomic E-state index is 13.9. The fraction of sp³-hybridized carbons (Fsp3) is 0.593. The van der Waals surface area contributed by atoms with E-state index >= 15 is 0 Å². The van der Waals surface area contributed by atoms with E-state index in [1.165, 1.54) is 0 Å². The van der Waals surface area contributed by atoms with Crippen LogP contribution in [-0.2, 0) is 23.5 Å². The quantitative estimate of drug-likeness (QED) is 0.343. The van der Waals surface area contributed by atoms with Crippen molar-refractivity contribution in [2.75, 3.05) is 32.8 Å². The zero-order chi connectivity index (χ0) is 27.8. The smallest absolute Gasteiger partial charge is 0.277 e. The molecule has 10 nitrogen and oxygen atoms in total. The van der Waals surface area contributed by atoms with Gasteiger partial charge in [0.05, 0.1) is 48.9 Å². The summed E-state index contributed by atoms with van der Waals surface area (Å²) in [5.74, 6) is 0.726. The molecule has 0 bridgehead atoms. The lowest BCUT2D eigenvalue weighted by Gasteiger charge is -2.52. The lowest BCUT2D eigenvalue weighted by Crippen LogP contribution is -3.00. The molecule has 1 fully saturated rings. The molecule has 1 aliphatic heterocycles. The lowest BCUT2D eigenvalue weighted by molar-refractivity contribution is -0.970. The third kappa shape index (κ3) is 5.40. The summed E-state index contributed by atoms with van der Waals surface area (Å²) in [7, 11) is -2.07. The van der Waals surface area contributed by atoms with E-state index < -0.39 is 10.0 Å². The third-order valence-corrected chi connectivity index (χ3v) is 10.1. The number of hydrogen-bond acceptors (Lipinski definition) is 6. The first-order valence-corrected chi connectivity index (χ1v) is 15.1. The molecule has 0 amide bonds.